The fourth-order valence-corrected chi connectivity index (χ4v) is 6.18. The molecule has 1 saturated carbocycles. The van der Waals surface area contributed by atoms with Crippen LogP contribution in [-0.4, -0.2) is 40.1 Å². The summed E-state index contributed by atoms with van der Waals surface area (Å²) in [5.41, 5.74) is 0.415. The van der Waals surface area contributed by atoms with Gasteiger partial charge in [0.05, 0.1) is 12.0 Å². The lowest BCUT2D eigenvalue weighted by atomic mass is 9.78. The Labute approximate surface area is 207 Å². The van der Waals surface area contributed by atoms with E-state index in [4.69, 9.17) is 4.74 Å². The Morgan fingerprint density at radius 1 is 1.00 bits per heavy atom. The maximum absolute atomic E-state index is 14.3. The topological polar surface area (TPSA) is 66.8 Å². The number of allylic oxidation sites excluding steroid dienone is 1. The molecule has 36 heavy (non-hydrogen) atoms. The molecule has 1 N–H and O–H groups in total. The Hall–Kier alpha value is -3.03. The van der Waals surface area contributed by atoms with Crippen LogP contribution in [0.4, 0.5) is 13.2 Å². The Kier molecular flexibility index (Phi) is 6.47. The lowest BCUT2D eigenvalue weighted by Gasteiger charge is -2.48. The Bertz CT molecular complexity index is 1180. The number of nitrogens with zero attached hydrogens (tertiary/aromatic N) is 1. The van der Waals surface area contributed by atoms with Crippen molar-refractivity contribution in [1.29, 1.82) is 0 Å². The van der Waals surface area contributed by atoms with E-state index in [1.807, 2.05) is 0 Å². The summed E-state index contributed by atoms with van der Waals surface area (Å²) in [4.78, 5) is 26.9. The molecule has 2 atom stereocenters. The van der Waals surface area contributed by atoms with Crippen molar-refractivity contribution in [3.63, 3.8) is 0 Å². The molecule has 192 valence electrons. The number of carbonyl (C=O) groups is 2. The molecule has 5 nitrogen and oxygen atoms in total. The van der Waals surface area contributed by atoms with Crippen LogP contribution in [0.25, 0.3) is 10.8 Å². The minimum absolute atomic E-state index is 0.0587. The summed E-state index contributed by atoms with van der Waals surface area (Å²) in [6.07, 6.45) is 0.839. The number of carbonyl (C=O) groups excluding carboxylic acids is 1. The molecule has 2 heterocycles. The summed E-state index contributed by atoms with van der Waals surface area (Å²) >= 11 is 0. The maximum Gasteiger partial charge on any atom is 0.420 e. The summed E-state index contributed by atoms with van der Waals surface area (Å²) in [6.45, 7) is 3.95. The summed E-state index contributed by atoms with van der Waals surface area (Å²) in [7, 11) is 0. The summed E-state index contributed by atoms with van der Waals surface area (Å²) in [5.74, 6) is -1.89. The lowest BCUT2D eigenvalue weighted by Crippen LogP contribution is -2.55. The second-order valence-corrected chi connectivity index (χ2v) is 10.4. The molecule has 2 aromatic carbocycles. The highest BCUT2D eigenvalue weighted by Crippen LogP contribution is 2.43. The smallest absolute Gasteiger partial charge is 0.420 e. The summed E-state index contributed by atoms with van der Waals surface area (Å²) < 4.78 is 48.9. The van der Waals surface area contributed by atoms with Gasteiger partial charge in [-0.3, -0.25) is 9.59 Å². The molecule has 1 aliphatic carbocycles. The number of fused-ring (bicyclic) bond motifs is 3. The molecule has 8 heteroatoms. The van der Waals surface area contributed by atoms with Crippen LogP contribution in [0.5, 0.6) is 5.75 Å². The highest BCUT2D eigenvalue weighted by molar-refractivity contribution is 6.00. The molecular weight excluding hydrogens is 471 g/mol. The van der Waals surface area contributed by atoms with E-state index in [-0.39, 0.29) is 40.8 Å². The predicted octanol–water partition coefficient (Wildman–Crippen LogP) is 6.59. The van der Waals surface area contributed by atoms with Crippen molar-refractivity contribution in [2.24, 2.45) is 5.92 Å². The zero-order valence-electron chi connectivity index (χ0n) is 20.0. The van der Waals surface area contributed by atoms with Gasteiger partial charge in [-0.25, -0.2) is 0 Å². The third-order valence-corrected chi connectivity index (χ3v) is 8.01. The van der Waals surface area contributed by atoms with E-state index in [0.29, 0.717) is 43.9 Å². The Morgan fingerprint density at radius 3 is 2.25 bits per heavy atom. The highest BCUT2D eigenvalue weighted by atomic mass is 19.4. The van der Waals surface area contributed by atoms with Crippen molar-refractivity contribution in [3.8, 4) is 5.75 Å². The standard InChI is InChI=1S/C28H30F3NO4/c1-16-5-10-22(11-6-16)36-24-12-9-17-7-8-18(15-23(17)25(24)28(29,30)31)26(33)32-20-3-2-4-21(32)14-19(13-20)27(34)35/h7-9,12,15,19-22H,1-6,10-11,13-14H2,(H,34,35). The van der Waals surface area contributed by atoms with Crippen LogP contribution < -0.4 is 4.74 Å². The number of carboxylic acid groups (broad SMARTS) is 1. The number of hydrogen-bond acceptors (Lipinski definition) is 3. The number of piperidine rings is 2. The van der Waals surface area contributed by atoms with Crippen molar-refractivity contribution in [2.45, 2.75) is 82.2 Å². The van der Waals surface area contributed by atoms with Gasteiger partial charge in [-0.15, -0.1) is 0 Å². The molecule has 0 spiro atoms. The first kappa shape index (κ1) is 24.7. The van der Waals surface area contributed by atoms with Gasteiger partial charge in [0, 0.05) is 17.6 Å². The third-order valence-electron chi connectivity index (χ3n) is 8.01. The average Bonchev–Trinajstić information content (AvgIpc) is 2.82. The second-order valence-electron chi connectivity index (χ2n) is 10.4. The molecule has 2 aliphatic heterocycles. The number of hydrogen-bond donors (Lipinski definition) is 1. The van der Waals surface area contributed by atoms with Crippen LogP contribution in [0.1, 0.15) is 73.7 Å². The van der Waals surface area contributed by atoms with Crippen LogP contribution in [0.3, 0.4) is 0 Å². The molecule has 3 fully saturated rings. The van der Waals surface area contributed by atoms with Gasteiger partial charge in [0.15, 0.2) is 0 Å². The minimum Gasteiger partial charge on any atom is -0.490 e. The normalized spacial score (nSPS) is 25.1. The first-order valence-electron chi connectivity index (χ1n) is 12.6. The molecular formula is C28H30F3NO4. The zero-order valence-corrected chi connectivity index (χ0v) is 20.0. The minimum atomic E-state index is -4.66. The van der Waals surface area contributed by atoms with Crippen LogP contribution in [-0.2, 0) is 11.0 Å². The summed E-state index contributed by atoms with van der Waals surface area (Å²) in [5, 5.41) is 9.81. The maximum atomic E-state index is 14.3. The fourth-order valence-electron chi connectivity index (χ4n) is 6.18. The van der Waals surface area contributed by atoms with E-state index < -0.39 is 23.6 Å². The Morgan fingerprint density at radius 2 is 1.64 bits per heavy atom. The van der Waals surface area contributed by atoms with Gasteiger partial charge in [0.2, 0.25) is 0 Å². The van der Waals surface area contributed by atoms with Gasteiger partial charge in [-0.05, 0) is 86.8 Å². The van der Waals surface area contributed by atoms with Crippen LogP contribution in [0, 0.1) is 5.92 Å². The van der Waals surface area contributed by atoms with E-state index in [2.05, 4.69) is 6.58 Å². The molecule has 2 unspecified atom stereocenters. The SMILES string of the molecule is C=C1CCC(Oc2ccc3ccc(C(=O)N4C5CCCC4CC(C(=O)O)C5)cc3c2C(F)(F)F)CC1. The molecule has 1 amide bonds. The zero-order chi connectivity index (χ0) is 25.6. The van der Waals surface area contributed by atoms with E-state index in [1.54, 1.807) is 23.1 Å². The second kappa shape index (κ2) is 9.45. The fraction of sp³-hybridized carbons (Fsp3) is 0.500. The number of rotatable bonds is 4. The molecule has 0 aromatic heterocycles. The average molecular weight is 502 g/mol. The first-order chi connectivity index (χ1) is 17.1. The number of benzene rings is 2. The van der Waals surface area contributed by atoms with E-state index in [9.17, 15) is 27.9 Å². The van der Waals surface area contributed by atoms with Crippen molar-refractivity contribution < 1.29 is 32.6 Å². The monoisotopic (exact) mass is 501 g/mol. The number of alkyl halides is 3. The van der Waals surface area contributed by atoms with Gasteiger partial charge >= 0.3 is 12.1 Å². The largest absolute Gasteiger partial charge is 0.490 e. The van der Waals surface area contributed by atoms with E-state index in [0.717, 1.165) is 24.8 Å². The first-order valence-corrected chi connectivity index (χ1v) is 12.6. The van der Waals surface area contributed by atoms with E-state index in [1.165, 1.54) is 12.1 Å². The van der Waals surface area contributed by atoms with Crippen LogP contribution in [0.2, 0.25) is 0 Å². The summed E-state index contributed by atoms with van der Waals surface area (Å²) in [6, 6.07) is 7.00. The third kappa shape index (κ3) is 4.70. The number of ether oxygens (including phenoxy) is 1. The molecule has 5 rings (SSSR count). The van der Waals surface area contributed by atoms with Crippen LogP contribution >= 0.6 is 0 Å². The van der Waals surface area contributed by atoms with Crippen molar-refractivity contribution in [1.82, 2.24) is 4.90 Å². The van der Waals surface area contributed by atoms with Gasteiger partial charge in [0.25, 0.3) is 5.91 Å². The molecule has 2 bridgehead atoms. The van der Waals surface area contributed by atoms with Crippen LogP contribution in [0.15, 0.2) is 42.5 Å². The Balaban J connectivity index is 1.49. The predicted molar refractivity (Wildman–Crippen MR) is 129 cm³/mol. The number of halogens is 3. The van der Waals surface area contributed by atoms with Gasteiger partial charge in [-0.1, -0.05) is 24.3 Å². The molecule has 3 aliphatic rings. The van der Waals surface area contributed by atoms with Gasteiger partial charge in [-0.2, -0.15) is 13.2 Å². The number of aliphatic carboxylic acids is 1. The van der Waals surface area contributed by atoms with Gasteiger partial charge < -0.3 is 14.7 Å². The lowest BCUT2D eigenvalue weighted by molar-refractivity contribution is -0.145. The molecule has 2 saturated heterocycles. The highest BCUT2D eigenvalue weighted by Gasteiger charge is 2.43. The molecule has 2 aromatic rings. The van der Waals surface area contributed by atoms with Crippen molar-refractivity contribution in [2.75, 3.05) is 0 Å². The van der Waals surface area contributed by atoms with Crippen molar-refractivity contribution in [3.05, 3.63) is 53.6 Å². The van der Waals surface area contributed by atoms with Crippen molar-refractivity contribution >= 4 is 22.6 Å². The van der Waals surface area contributed by atoms with Gasteiger partial charge in [0.1, 0.15) is 11.3 Å². The quantitative estimate of drug-likeness (QED) is 0.480. The number of carboxylic acids is 1. The number of amides is 1. The molecule has 0 radical (unpaired) electrons. The van der Waals surface area contributed by atoms with E-state index >= 15 is 0 Å².